The maximum atomic E-state index is 12.4. The van der Waals surface area contributed by atoms with Crippen LogP contribution in [-0.2, 0) is 4.79 Å². The zero-order valence-electron chi connectivity index (χ0n) is 12.8. The molecule has 1 N–H and O–H groups in total. The Kier molecular flexibility index (Phi) is 4.73. The largest absolute Gasteiger partial charge is 0.497 e. The van der Waals surface area contributed by atoms with Gasteiger partial charge >= 0.3 is 0 Å². The van der Waals surface area contributed by atoms with E-state index < -0.39 is 11.7 Å². The molecule has 0 radical (unpaired) electrons. The van der Waals surface area contributed by atoms with Crippen LogP contribution in [0.25, 0.3) is 0 Å². The molecule has 1 saturated carbocycles. The van der Waals surface area contributed by atoms with Crippen LogP contribution in [0.15, 0.2) is 24.3 Å². The summed E-state index contributed by atoms with van der Waals surface area (Å²) >= 11 is 0. The van der Waals surface area contributed by atoms with E-state index in [0.29, 0.717) is 24.3 Å². The van der Waals surface area contributed by atoms with Gasteiger partial charge in [-0.15, -0.1) is 0 Å². The van der Waals surface area contributed by atoms with Gasteiger partial charge in [-0.2, -0.15) is 0 Å². The summed E-state index contributed by atoms with van der Waals surface area (Å²) < 4.78 is 11.0. The third-order valence-electron chi connectivity index (χ3n) is 3.92. The van der Waals surface area contributed by atoms with Crippen LogP contribution in [0.5, 0.6) is 11.5 Å². The van der Waals surface area contributed by atoms with Gasteiger partial charge < -0.3 is 19.5 Å². The van der Waals surface area contributed by atoms with Crippen LogP contribution in [0.3, 0.4) is 0 Å². The first-order valence-corrected chi connectivity index (χ1v) is 7.20. The SMILES string of the molecule is COc1cccc(OC(C(=O)N(C)C)C2(O)CCCC2)c1. The zero-order valence-corrected chi connectivity index (χ0v) is 12.8. The van der Waals surface area contributed by atoms with Crippen molar-refractivity contribution in [3.8, 4) is 11.5 Å². The Morgan fingerprint density at radius 3 is 2.48 bits per heavy atom. The Morgan fingerprint density at radius 1 is 1.29 bits per heavy atom. The molecule has 5 nitrogen and oxygen atoms in total. The van der Waals surface area contributed by atoms with Crippen molar-refractivity contribution in [2.45, 2.75) is 37.4 Å². The van der Waals surface area contributed by atoms with Gasteiger partial charge in [-0.3, -0.25) is 4.79 Å². The predicted octanol–water partition coefficient (Wildman–Crippen LogP) is 1.84. The third-order valence-corrected chi connectivity index (χ3v) is 3.92. The lowest BCUT2D eigenvalue weighted by Gasteiger charge is -2.33. The molecule has 0 aromatic heterocycles. The number of amides is 1. The topological polar surface area (TPSA) is 59.0 Å². The minimum atomic E-state index is -1.09. The molecule has 1 unspecified atom stereocenters. The highest BCUT2D eigenvalue weighted by Gasteiger charge is 2.46. The minimum Gasteiger partial charge on any atom is -0.497 e. The Balaban J connectivity index is 2.25. The number of rotatable bonds is 5. The van der Waals surface area contributed by atoms with E-state index in [9.17, 15) is 9.90 Å². The van der Waals surface area contributed by atoms with Crippen molar-refractivity contribution in [3.05, 3.63) is 24.3 Å². The lowest BCUT2D eigenvalue weighted by Crippen LogP contribution is -2.52. The average molecular weight is 293 g/mol. The van der Waals surface area contributed by atoms with Gasteiger partial charge in [0.1, 0.15) is 17.1 Å². The molecule has 1 aromatic rings. The fraction of sp³-hybridized carbons (Fsp3) is 0.562. The first-order chi connectivity index (χ1) is 9.96. The number of likely N-dealkylation sites (N-methyl/N-ethyl adjacent to an activating group) is 1. The number of methoxy groups -OCH3 is 1. The molecule has 1 aliphatic carbocycles. The van der Waals surface area contributed by atoms with Crippen LogP contribution in [0.1, 0.15) is 25.7 Å². The Morgan fingerprint density at radius 2 is 1.90 bits per heavy atom. The molecule has 1 aliphatic rings. The summed E-state index contributed by atoms with van der Waals surface area (Å²) in [5.74, 6) is 0.957. The number of nitrogens with zero attached hydrogens (tertiary/aromatic N) is 1. The van der Waals surface area contributed by atoms with Gasteiger partial charge in [0.15, 0.2) is 0 Å². The van der Waals surface area contributed by atoms with Gasteiger partial charge in [-0.25, -0.2) is 0 Å². The third kappa shape index (κ3) is 3.47. The van der Waals surface area contributed by atoms with Crippen molar-refractivity contribution < 1.29 is 19.4 Å². The van der Waals surface area contributed by atoms with Crippen LogP contribution in [0.4, 0.5) is 0 Å². The maximum absolute atomic E-state index is 12.4. The van der Waals surface area contributed by atoms with E-state index >= 15 is 0 Å². The average Bonchev–Trinajstić information content (AvgIpc) is 2.92. The van der Waals surface area contributed by atoms with E-state index in [4.69, 9.17) is 9.47 Å². The lowest BCUT2D eigenvalue weighted by molar-refractivity contribution is -0.150. The highest BCUT2D eigenvalue weighted by Crippen LogP contribution is 2.35. The molecule has 0 aliphatic heterocycles. The molecule has 21 heavy (non-hydrogen) atoms. The molecule has 0 heterocycles. The van der Waals surface area contributed by atoms with Crippen molar-refractivity contribution in [2.75, 3.05) is 21.2 Å². The number of hydrogen-bond acceptors (Lipinski definition) is 4. The summed E-state index contributed by atoms with van der Waals surface area (Å²) in [6.07, 6.45) is 2.11. The number of ether oxygens (including phenoxy) is 2. The monoisotopic (exact) mass is 293 g/mol. The molecule has 2 rings (SSSR count). The van der Waals surface area contributed by atoms with Gasteiger partial charge in [0.2, 0.25) is 6.10 Å². The van der Waals surface area contributed by atoms with Gasteiger partial charge in [-0.1, -0.05) is 18.9 Å². The van der Waals surface area contributed by atoms with Crippen molar-refractivity contribution in [2.24, 2.45) is 0 Å². The zero-order chi connectivity index (χ0) is 15.5. The fourth-order valence-corrected chi connectivity index (χ4v) is 2.68. The summed E-state index contributed by atoms with van der Waals surface area (Å²) in [4.78, 5) is 13.9. The Hall–Kier alpha value is -1.75. The first-order valence-electron chi connectivity index (χ1n) is 7.20. The number of aliphatic hydroxyl groups is 1. The smallest absolute Gasteiger partial charge is 0.266 e. The predicted molar refractivity (Wildman–Crippen MR) is 79.5 cm³/mol. The van der Waals surface area contributed by atoms with E-state index in [1.165, 1.54) is 4.90 Å². The molecule has 0 bridgehead atoms. The standard InChI is InChI=1S/C16H23NO4/c1-17(2)15(18)14(16(19)9-4-5-10-16)21-13-8-6-7-12(11-13)20-3/h6-8,11,14,19H,4-5,9-10H2,1-3H3. The second kappa shape index (κ2) is 6.35. The fourth-order valence-electron chi connectivity index (χ4n) is 2.68. The Bertz CT molecular complexity index is 495. The second-order valence-electron chi connectivity index (χ2n) is 5.72. The van der Waals surface area contributed by atoms with Crippen molar-refractivity contribution >= 4 is 5.91 Å². The number of benzene rings is 1. The molecule has 1 atom stereocenters. The van der Waals surface area contributed by atoms with Crippen LogP contribution < -0.4 is 9.47 Å². The van der Waals surface area contributed by atoms with Crippen LogP contribution in [-0.4, -0.2) is 48.8 Å². The summed E-state index contributed by atoms with van der Waals surface area (Å²) in [6.45, 7) is 0. The summed E-state index contributed by atoms with van der Waals surface area (Å²) in [5.41, 5.74) is -1.09. The molecule has 116 valence electrons. The Labute approximate surface area is 125 Å². The molecule has 1 aromatic carbocycles. The number of carbonyl (C=O) groups is 1. The van der Waals surface area contributed by atoms with Crippen molar-refractivity contribution in [3.63, 3.8) is 0 Å². The van der Waals surface area contributed by atoms with Gasteiger partial charge in [-0.05, 0) is 25.0 Å². The molecule has 1 fully saturated rings. The van der Waals surface area contributed by atoms with Gasteiger partial charge in [0.25, 0.3) is 5.91 Å². The van der Waals surface area contributed by atoms with Gasteiger partial charge in [0, 0.05) is 20.2 Å². The summed E-state index contributed by atoms with van der Waals surface area (Å²) in [7, 11) is 4.91. The van der Waals surface area contributed by atoms with E-state index in [2.05, 4.69) is 0 Å². The summed E-state index contributed by atoms with van der Waals surface area (Å²) in [5, 5.41) is 10.8. The lowest BCUT2D eigenvalue weighted by atomic mass is 9.93. The molecular weight excluding hydrogens is 270 g/mol. The van der Waals surface area contributed by atoms with Crippen LogP contribution in [0, 0.1) is 0 Å². The molecule has 5 heteroatoms. The minimum absolute atomic E-state index is 0.220. The van der Waals surface area contributed by atoms with Crippen molar-refractivity contribution in [1.29, 1.82) is 0 Å². The highest BCUT2D eigenvalue weighted by atomic mass is 16.5. The van der Waals surface area contributed by atoms with Crippen LogP contribution >= 0.6 is 0 Å². The molecule has 0 saturated heterocycles. The maximum Gasteiger partial charge on any atom is 0.266 e. The molecule has 1 amide bonds. The molecular formula is C16H23NO4. The normalized spacial score (nSPS) is 18.1. The second-order valence-corrected chi connectivity index (χ2v) is 5.72. The number of carbonyl (C=O) groups excluding carboxylic acids is 1. The first kappa shape index (κ1) is 15.6. The van der Waals surface area contributed by atoms with Crippen LogP contribution in [0.2, 0.25) is 0 Å². The van der Waals surface area contributed by atoms with E-state index in [0.717, 1.165) is 12.8 Å². The highest BCUT2D eigenvalue weighted by molar-refractivity contribution is 5.82. The van der Waals surface area contributed by atoms with Gasteiger partial charge in [0.05, 0.1) is 7.11 Å². The van der Waals surface area contributed by atoms with E-state index in [1.807, 2.05) is 0 Å². The number of hydrogen-bond donors (Lipinski definition) is 1. The van der Waals surface area contributed by atoms with E-state index in [1.54, 1.807) is 45.5 Å². The molecule has 0 spiro atoms. The van der Waals surface area contributed by atoms with E-state index in [-0.39, 0.29) is 5.91 Å². The quantitative estimate of drug-likeness (QED) is 0.900. The summed E-state index contributed by atoms with van der Waals surface area (Å²) in [6, 6.07) is 7.08. The van der Waals surface area contributed by atoms with Crippen molar-refractivity contribution in [1.82, 2.24) is 4.90 Å².